The molecule has 0 aliphatic carbocycles. The maximum atomic E-state index is 11.5. The molecule has 5 rings (SSSR count). The number of carbonyl (C=O) groups is 1. The van der Waals surface area contributed by atoms with E-state index in [9.17, 15) is 4.79 Å². The summed E-state index contributed by atoms with van der Waals surface area (Å²) in [5.41, 5.74) is 6.08. The number of esters is 1. The summed E-state index contributed by atoms with van der Waals surface area (Å²) >= 11 is 6.58. The highest BCUT2D eigenvalue weighted by atomic mass is 35.5. The van der Waals surface area contributed by atoms with Crippen molar-refractivity contribution < 1.29 is 9.53 Å². The summed E-state index contributed by atoms with van der Waals surface area (Å²) in [6.07, 6.45) is 5.39. The Balaban J connectivity index is 1.33. The predicted molar refractivity (Wildman–Crippen MR) is 147 cm³/mol. The van der Waals surface area contributed by atoms with Crippen molar-refractivity contribution in [1.82, 2.24) is 19.9 Å². The van der Waals surface area contributed by atoms with Gasteiger partial charge in [0.1, 0.15) is 0 Å². The first-order valence-electron chi connectivity index (χ1n) is 12.2. The topological polar surface area (TPSA) is 83.5 Å². The van der Waals surface area contributed by atoms with E-state index in [2.05, 4.69) is 55.2 Å². The van der Waals surface area contributed by atoms with Crippen LogP contribution in [0.1, 0.15) is 11.1 Å². The lowest BCUT2D eigenvalue weighted by atomic mass is 10.0. The Morgan fingerprint density at radius 3 is 2.49 bits per heavy atom. The number of ether oxygens (including phenoxy) is 1. The molecule has 8 nitrogen and oxygen atoms in total. The molecule has 37 heavy (non-hydrogen) atoms. The summed E-state index contributed by atoms with van der Waals surface area (Å²) in [7, 11) is 1.41. The van der Waals surface area contributed by atoms with E-state index in [1.54, 1.807) is 6.20 Å². The molecule has 1 fully saturated rings. The summed E-state index contributed by atoms with van der Waals surface area (Å²) in [4.78, 5) is 29.5. The molecule has 190 valence electrons. The number of carbonyl (C=O) groups excluding carboxylic acids is 1. The first-order chi connectivity index (χ1) is 18.0. The highest BCUT2D eigenvalue weighted by Crippen LogP contribution is 2.33. The molecule has 0 atom stereocenters. The Morgan fingerprint density at radius 2 is 1.76 bits per heavy atom. The number of nitrogens with zero attached hydrogens (tertiary/aromatic N) is 5. The molecule has 1 aliphatic rings. The predicted octanol–water partition coefficient (Wildman–Crippen LogP) is 4.56. The number of fused-ring (bicyclic) bond motifs is 1. The smallest absolute Gasteiger partial charge is 0.319 e. The Kier molecular flexibility index (Phi) is 7.48. The zero-order valence-electron chi connectivity index (χ0n) is 20.9. The van der Waals surface area contributed by atoms with Crippen molar-refractivity contribution >= 4 is 40.1 Å². The summed E-state index contributed by atoms with van der Waals surface area (Å²) in [6, 6.07) is 14.4. The number of pyridine rings is 1. The van der Waals surface area contributed by atoms with Crippen molar-refractivity contribution in [2.75, 3.05) is 50.1 Å². The number of hydrogen-bond acceptors (Lipinski definition) is 8. The maximum Gasteiger partial charge on any atom is 0.319 e. The van der Waals surface area contributed by atoms with Crippen LogP contribution in [0.2, 0.25) is 5.02 Å². The van der Waals surface area contributed by atoms with Gasteiger partial charge in [0.05, 0.1) is 29.9 Å². The van der Waals surface area contributed by atoms with Gasteiger partial charge in [-0.05, 0) is 35.7 Å². The largest absolute Gasteiger partial charge is 0.468 e. The van der Waals surface area contributed by atoms with Gasteiger partial charge in [-0.15, -0.1) is 0 Å². The lowest BCUT2D eigenvalue weighted by Gasteiger charge is -2.33. The molecule has 0 amide bonds. The van der Waals surface area contributed by atoms with E-state index in [1.165, 1.54) is 18.2 Å². The Labute approximate surface area is 221 Å². The van der Waals surface area contributed by atoms with Crippen LogP contribution in [-0.2, 0) is 16.1 Å². The van der Waals surface area contributed by atoms with Crippen molar-refractivity contribution in [3.05, 3.63) is 77.2 Å². The number of aromatic nitrogens is 3. The normalized spacial score (nSPS) is 14.1. The van der Waals surface area contributed by atoms with E-state index in [-0.39, 0.29) is 5.97 Å². The van der Waals surface area contributed by atoms with Crippen LogP contribution in [0.3, 0.4) is 0 Å². The van der Waals surface area contributed by atoms with Crippen LogP contribution in [0.15, 0.2) is 61.1 Å². The number of halogens is 1. The second-order valence-electron chi connectivity index (χ2n) is 9.10. The number of anilines is 2. The van der Waals surface area contributed by atoms with Crippen LogP contribution in [-0.4, -0.2) is 65.7 Å². The van der Waals surface area contributed by atoms with Crippen molar-refractivity contribution in [2.45, 2.75) is 13.5 Å². The van der Waals surface area contributed by atoms with Gasteiger partial charge >= 0.3 is 5.97 Å². The van der Waals surface area contributed by atoms with Gasteiger partial charge in [0.2, 0.25) is 5.95 Å². The Bertz CT molecular complexity index is 1400. The van der Waals surface area contributed by atoms with Gasteiger partial charge in [0, 0.05) is 62.3 Å². The van der Waals surface area contributed by atoms with Crippen molar-refractivity contribution in [1.29, 1.82) is 0 Å². The number of methoxy groups -OCH3 is 1. The molecule has 1 saturated heterocycles. The lowest BCUT2D eigenvalue weighted by molar-refractivity contribution is -0.142. The molecule has 9 heteroatoms. The molecule has 3 heterocycles. The molecule has 2 aromatic heterocycles. The summed E-state index contributed by atoms with van der Waals surface area (Å²) < 4.78 is 4.76. The van der Waals surface area contributed by atoms with Gasteiger partial charge in [-0.3, -0.25) is 14.7 Å². The van der Waals surface area contributed by atoms with Crippen molar-refractivity contribution in [3.8, 4) is 11.1 Å². The maximum absolute atomic E-state index is 11.5. The highest BCUT2D eigenvalue weighted by Gasteiger charge is 2.21. The molecule has 0 unspecified atom stereocenters. The summed E-state index contributed by atoms with van der Waals surface area (Å²) in [5.74, 6) is 0.474. The van der Waals surface area contributed by atoms with Crippen LogP contribution < -0.4 is 10.2 Å². The molecular weight excluding hydrogens is 488 g/mol. The average molecular weight is 517 g/mol. The van der Waals surface area contributed by atoms with Crippen molar-refractivity contribution in [2.24, 2.45) is 0 Å². The molecular formula is C28H29ClN6O2. The van der Waals surface area contributed by atoms with E-state index in [4.69, 9.17) is 16.3 Å². The molecule has 1 N–H and O–H groups in total. The minimum absolute atomic E-state index is 0.213. The van der Waals surface area contributed by atoms with E-state index in [0.29, 0.717) is 24.1 Å². The Morgan fingerprint density at radius 1 is 1.00 bits per heavy atom. The molecule has 0 spiro atoms. The molecule has 1 aliphatic heterocycles. The van der Waals surface area contributed by atoms with Gasteiger partial charge in [0.15, 0.2) is 0 Å². The average Bonchev–Trinajstić information content (AvgIpc) is 2.93. The summed E-state index contributed by atoms with van der Waals surface area (Å²) in [6.45, 7) is 6.12. The second kappa shape index (κ2) is 11.1. The number of hydrogen-bond donors (Lipinski definition) is 1. The molecule has 4 aromatic rings. The third-order valence-corrected chi connectivity index (χ3v) is 7.03. The van der Waals surface area contributed by atoms with E-state index in [0.717, 1.165) is 53.9 Å². The lowest BCUT2D eigenvalue weighted by Crippen LogP contribution is -2.48. The number of piperazine rings is 1. The highest BCUT2D eigenvalue weighted by molar-refractivity contribution is 6.34. The van der Waals surface area contributed by atoms with Crippen LogP contribution in [0.25, 0.3) is 22.0 Å². The molecule has 0 radical (unpaired) electrons. The SMILES string of the molecule is COC(=O)CN1CCN(c2ncc(-c3ccc4ncc(Cl)c(NCc5ccccc5C)c4c3)cn2)CC1. The number of benzene rings is 2. The quantitative estimate of drug-likeness (QED) is 0.358. The van der Waals surface area contributed by atoms with E-state index >= 15 is 0 Å². The number of aryl methyl sites for hydroxylation is 1. The monoisotopic (exact) mass is 516 g/mol. The molecule has 0 bridgehead atoms. The van der Waals surface area contributed by atoms with Crippen LogP contribution >= 0.6 is 11.6 Å². The molecule has 0 saturated carbocycles. The van der Waals surface area contributed by atoms with Gasteiger partial charge < -0.3 is 15.0 Å². The third-order valence-electron chi connectivity index (χ3n) is 6.75. The number of rotatable bonds is 7. The van der Waals surface area contributed by atoms with Gasteiger partial charge in [0.25, 0.3) is 0 Å². The van der Waals surface area contributed by atoms with Crippen molar-refractivity contribution in [3.63, 3.8) is 0 Å². The van der Waals surface area contributed by atoms with E-state index < -0.39 is 0 Å². The van der Waals surface area contributed by atoms with Gasteiger partial charge in [-0.1, -0.05) is 41.9 Å². The fourth-order valence-corrected chi connectivity index (χ4v) is 4.72. The van der Waals surface area contributed by atoms with Crippen LogP contribution in [0, 0.1) is 6.92 Å². The van der Waals surface area contributed by atoms with Gasteiger partial charge in [-0.2, -0.15) is 0 Å². The zero-order chi connectivity index (χ0) is 25.8. The van der Waals surface area contributed by atoms with Gasteiger partial charge in [-0.25, -0.2) is 9.97 Å². The first-order valence-corrected chi connectivity index (χ1v) is 12.6. The standard InChI is InChI=1S/C28H29ClN6O2/c1-19-5-3-4-6-21(19)14-31-27-23-13-20(7-8-25(23)30-17-24(27)29)22-15-32-28(33-16-22)35-11-9-34(10-12-35)18-26(36)37-2/h3-8,13,15-17H,9-12,14,18H2,1-2H3,(H,30,31). The zero-order valence-corrected chi connectivity index (χ0v) is 21.7. The third kappa shape index (κ3) is 5.65. The van der Waals surface area contributed by atoms with E-state index in [1.807, 2.05) is 36.7 Å². The first kappa shape index (κ1) is 24.9. The van der Waals surface area contributed by atoms with Crippen LogP contribution in [0.5, 0.6) is 0 Å². The Hall–Kier alpha value is -3.75. The fraction of sp³-hybridized carbons (Fsp3) is 0.286. The summed E-state index contributed by atoms with van der Waals surface area (Å²) in [5, 5.41) is 5.05. The minimum Gasteiger partial charge on any atom is -0.468 e. The van der Waals surface area contributed by atoms with Crippen LogP contribution in [0.4, 0.5) is 11.6 Å². The minimum atomic E-state index is -0.213. The fourth-order valence-electron chi connectivity index (χ4n) is 4.51. The second-order valence-corrected chi connectivity index (χ2v) is 9.51. The molecule has 2 aromatic carbocycles. The number of nitrogens with one attached hydrogen (secondary N) is 1.